The van der Waals surface area contributed by atoms with Crippen LogP contribution in [0.3, 0.4) is 0 Å². The number of nitrogens with one attached hydrogen (secondary N) is 1. The molecule has 0 fully saturated rings. The van der Waals surface area contributed by atoms with Crippen LogP contribution in [0.15, 0.2) is 42.5 Å². The third kappa shape index (κ3) is 5.18. The fourth-order valence-electron chi connectivity index (χ4n) is 2.76. The lowest BCUT2D eigenvalue weighted by Crippen LogP contribution is -2.56. The Morgan fingerprint density at radius 2 is 1.56 bits per heavy atom. The molecule has 0 saturated carbocycles. The molecule has 0 heterocycles. The SMILES string of the molecule is Cc1cc(C)cc(C(=O)N(NC(=O)c2cccc(B(O)O)c2)C(C)(C)C)c1. The van der Waals surface area contributed by atoms with Gasteiger partial charge in [0.2, 0.25) is 0 Å². The second-order valence-electron chi connectivity index (χ2n) is 7.63. The molecule has 0 spiro atoms. The van der Waals surface area contributed by atoms with Gasteiger partial charge in [-0.3, -0.25) is 15.0 Å². The largest absolute Gasteiger partial charge is 0.488 e. The summed E-state index contributed by atoms with van der Waals surface area (Å²) in [6, 6.07) is 11.5. The highest BCUT2D eigenvalue weighted by Crippen LogP contribution is 2.18. The fourth-order valence-corrected chi connectivity index (χ4v) is 2.76. The van der Waals surface area contributed by atoms with Gasteiger partial charge in [-0.2, -0.15) is 0 Å². The first-order chi connectivity index (χ1) is 12.5. The van der Waals surface area contributed by atoms with E-state index in [9.17, 15) is 19.6 Å². The standard InChI is InChI=1S/C20H25BN2O4/c1-13-9-14(2)11-16(10-13)19(25)23(20(3,4)5)22-18(24)15-7-6-8-17(12-15)21(26)27/h6-12,26-27H,1-5H3,(H,22,24). The van der Waals surface area contributed by atoms with Crippen LogP contribution in [0, 0.1) is 13.8 Å². The molecule has 0 aliphatic carbocycles. The molecule has 2 aromatic carbocycles. The molecule has 2 rings (SSSR count). The second-order valence-corrected chi connectivity index (χ2v) is 7.63. The molecule has 6 nitrogen and oxygen atoms in total. The van der Waals surface area contributed by atoms with Crippen molar-refractivity contribution in [3.63, 3.8) is 0 Å². The van der Waals surface area contributed by atoms with E-state index in [4.69, 9.17) is 0 Å². The van der Waals surface area contributed by atoms with E-state index in [0.29, 0.717) is 5.56 Å². The number of carbonyl (C=O) groups is 2. The molecular formula is C20H25BN2O4. The van der Waals surface area contributed by atoms with Gasteiger partial charge < -0.3 is 10.0 Å². The summed E-state index contributed by atoms with van der Waals surface area (Å²) in [5, 5.41) is 19.9. The lowest BCUT2D eigenvalue weighted by Gasteiger charge is -2.35. The minimum Gasteiger partial charge on any atom is -0.423 e. The minimum absolute atomic E-state index is 0.200. The Hall–Kier alpha value is -2.64. The molecule has 142 valence electrons. The summed E-state index contributed by atoms with van der Waals surface area (Å²) in [6.45, 7) is 9.29. The number of hydrogen-bond donors (Lipinski definition) is 3. The Morgan fingerprint density at radius 3 is 2.07 bits per heavy atom. The normalized spacial score (nSPS) is 11.1. The number of benzene rings is 2. The highest BCUT2D eigenvalue weighted by Gasteiger charge is 2.30. The Kier molecular flexibility index (Phi) is 6.08. The Balaban J connectivity index is 2.33. The van der Waals surface area contributed by atoms with Crippen LogP contribution in [0.1, 0.15) is 52.6 Å². The summed E-state index contributed by atoms with van der Waals surface area (Å²) in [4.78, 5) is 25.7. The fraction of sp³-hybridized carbons (Fsp3) is 0.300. The van der Waals surface area contributed by atoms with Gasteiger partial charge in [0.1, 0.15) is 0 Å². The summed E-state index contributed by atoms with van der Waals surface area (Å²) < 4.78 is 0. The number of hydrazine groups is 1. The maximum Gasteiger partial charge on any atom is 0.488 e. The lowest BCUT2D eigenvalue weighted by atomic mass is 9.79. The number of amides is 2. The van der Waals surface area contributed by atoms with Crippen molar-refractivity contribution in [3.05, 3.63) is 64.7 Å². The molecular weight excluding hydrogens is 343 g/mol. The summed E-state index contributed by atoms with van der Waals surface area (Å²) in [5.41, 5.74) is 4.83. The summed E-state index contributed by atoms with van der Waals surface area (Å²) in [7, 11) is -1.67. The van der Waals surface area contributed by atoms with Crippen molar-refractivity contribution in [2.45, 2.75) is 40.2 Å². The maximum absolute atomic E-state index is 13.1. The average molecular weight is 368 g/mol. The van der Waals surface area contributed by atoms with Gasteiger partial charge in [-0.1, -0.05) is 29.3 Å². The van der Waals surface area contributed by atoms with Crippen molar-refractivity contribution in [2.75, 3.05) is 0 Å². The van der Waals surface area contributed by atoms with Gasteiger partial charge in [-0.25, -0.2) is 5.01 Å². The zero-order valence-electron chi connectivity index (χ0n) is 16.3. The predicted octanol–water partition coefficient (Wildman–Crippen LogP) is 1.57. The van der Waals surface area contributed by atoms with Crippen LogP contribution in [0.4, 0.5) is 0 Å². The van der Waals surface area contributed by atoms with E-state index in [1.54, 1.807) is 24.3 Å². The van der Waals surface area contributed by atoms with Crippen molar-refractivity contribution in [1.29, 1.82) is 0 Å². The van der Waals surface area contributed by atoms with Crippen molar-refractivity contribution in [3.8, 4) is 0 Å². The van der Waals surface area contributed by atoms with E-state index in [2.05, 4.69) is 5.43 Å². The van der Waals surface area contributed by atoms with E-state index < -0.39 is 18.6 Å². The molecule has 0 saturated heterocycles. The van der Waals surface area contributed by atoms with Crippen molar-refractivity contribution in [1.82, 2.24) is 10.4 Å². The first kappa shape index (κ1) is 20.7. The monoisotopic (exact) mass is 368 g/mol. The van der Waals surface area contributed by atoms with Gasteiger partial charge in [0.05, 0.1) is 5.54 Å². The Labute approximate surface area is 159 Å². The molecule has 0 bridgehead atoms. The third-order valence-electron chi connectivity index (χ3n) is 4.00. The van der Waals surface area contributed by atoms with Gasteiger partial charge >= 0.3 is 7.12 Å². The van der Waals surface area contributed by atoms with E-state index in [1.165, 1.54) is 17.1 Å². The van der Waals surface area contributed by atoms with Crippen LogP contribution < -0.4 is 10.9 Å². The zero-order valence-corrected chi connectivity index (χ0v) is 16.3. The molecule has 0 aliphatic heterocycles. The maximum atomic E-state index is 13.1. The molecule has 0 unspecified atom stereocenters. The van der Waals surface area contributed by atoms with E-state index >= 15 is 0 Å². The van der Waals surface area contributed by atoms with Gasteiger partial charge in [-0.15, -0.1) is 0 Å². The molecule has 2 amide bonds. The highest BCUT2D eigenvalue weighted by atomic mass is 16.4. The van der Waals surface area contributed by atoms with Crippen LogP contribution in [-0.2, 0) is 0 Å². The van der Waals surface area contributed by atoms with Gasteiger partial charge in [0.15, 0.2) is 0 Å². The van der Waals surface area contributed by atoms with E-state index in [0.717, 1.165) is 11.1 Å². The van der Waals surface area contributed by atoms with Crippen molar-refractivity contribution >= 4 is 24.4 Å². The number of carbonyl (C=O) groups excluding carboxylic acids is 2. The first-order valence-corrected chi connectivity index (χ1v) is 8.69. The summed E-state index contributed by atoms with van der Waals surface area (Å²) in [5.74, 6) is -0.828. The average Bonchev–Trinajstić information content (AvgIpc) is 2.57. The summed E-state index contributed by atoms with van der Waals surface area (Å²) in [6.07, 6.45) is 0. The first-order valence-electron chi connectivity index (χ1n) is 8.69. The van der Waals surface area contributed by atoms with Crippen LogP contribution in [0.2, 0.25) is 0 Å². The van der Waals surface area contributed by atoms with Gasteiger partial charge in [0, 0.05) is 11.1 Å². The van der Waals surface area contributed by atoms with E-state index in [1.807, 2.05) is 40.7 Å². The molecule has 3 N–H and O–H groups in total. The van der Waals surface area contributed by atoms with Crippen LogP contribution in [0.5, 0.6) is 0 Å². The number of rotatable bonds is 3. The quantitative estimate of drug-likeness (QED) is 0.567. The number of nitrogens with zero attached hydrogens (tertiary/aromatic N) is 1. The second kappa shape index (κ2) is 7.94. The van der Waals surface area contributed by atoms with E-state index in [-0.39, 0.29) is 16.9 Å². The van der Waals surface area contributed by atoms with Crippen molar-refractivity contribution in [2.24, 2.45) is 0 Å². The molecule has 0 atom stereocenters. The lowest BCUT2D eigenvalue weighted by molar-refractivity contribution is 0.0358. The van der Waals surface area contributed by atoms with Crippen LogP contribution in [-0.4, -0.2) is 39.5 Å². The molecule has 0 radical (unpaired) electrons. The highest BCUT2D eigenvalue weighted by molar-refractivity contribution is 6.58. The summed E-state index contributed by atoms with van der Waals surface area (Å²) >= 11 is 0. The van der Waals surface area contributed by atoms with Crippen LogP contribution >= 0.6 is 0 Å². The van der Waals surface area contributed by atoms with Gasteiger partial charge in [0.25, 0.3) is 11.8 Å². The number of aryl methyl sites for hydroxylation is 2. The number of hydrogen-bond acceptors (Lipinski definition) is 4. The Bertz CT molecular complexity index is 839. The predicted molar refractivity (Wildman–Crippen MR) is 106 cm³/mol. The smallest absolute Gasteiger partial charge is 0.423 e. The van der Waals surface area contributed by atoms with Crippen LogP contribution in [0.25, 0.3) is 0 Å². The minimum atomic E-state index is -1.67. The topological polar surface area (TPSA) is 89.9 Å². The third-order valence-corrected chi connectivity index (χ3v) is 4.00. The zero-order chi connectivity index (χ0) is 20.4. The molecule has 7 heteroatoms. The molecule has 27 heavy (non-hydrogen) atoms. The molecule has 0 aliphatic rings. The van der Waals surface area contributed by atoms with Crippen molar-refractivity contribution < 1.29 is 19.6 Å². The molecule has 2 aromatic rings. The molecule has 0 aromatic heterocycles. The Morgan fingerprint density at radius 1 is 0.963 bits per heavy atom. The van der Waals surface area contributed by atoms with Gasteiger partial charge in [-0.05, 0) is 64.3 Å².